The van der Waals surface area contributed by atoms with Crippen LogP contribution in [0.4, 0.5) is 0 Å². The van der Waals surface area contributed by atoms with Crippen LogP contribution in [0.1, 0.15) is 0 Å². The Morgan fingerprint density at radius 3 is 1.94 bits per heavy atom. The van der Waals surface area contributed by atoms with Gasteiger partial charge in [0.2, 0.25) is 0 Å². The Labute approximate surface area is 306 Å². The molecule has 0 saturated carbocycles. The van der Waals surface area contributed by atoms with Crippen molar-refractivity contribution in [2.45, 2.75) is 0 Å². The minimum atomic E-state index is 0.643. The molecule has 0 aliphatic carbocycles. The van der Waals surface area contributed by atoms with Gasteiger partial charge in [-0.05, 0) is 53.2 Å². The van der Waals surface area contributed by atoms with Crippen molar-refractivity contribution in [1.29, 1.82) is 0 Å². The predicted octanol–water partition coefficient (Wildman–Crippen LogP) is 13.0. The third-order valence-corrected chi connectivity index (χ3v) is 12.3. The lowest BCUT2D eigenvalue weighted by Gasteiger charge is -2.10. The highest BCUT2D eigenvalue weighted by Gasteiger charge is 2.20. The van der Waals surface area contributed by atoms with Gasteiger partial charge >= 0.3 is 0 Å². The average Bonchev–Trinajstić information content (AvgIpc) is 3.79. The van der Waals surface area contributed by atoms with E-state index in [1.54, 1.807) is 11.3 Å². The van der Waals surface area contributed by atoms with Crippen LogP contribution in [0, 0.1) is 0 Å². The SMILES string of the molecule is c1ccc(-c2nc(-c3ccc4sc5c6ccccc6nc(-c6ccc7ccccc7c6)c5c4c3)nc(-c3cccc4c3sc3ccccc34)n2)cc1. The summed E-state index contributed by atoms with van der Waals surface area (Å²) in [7, 11) is 0. The summed E-state index contributed by atoms with van der Waals surface area (Å²) < 4.78 is 4.86. The molecule has 0 atom stereocenters. The number of pyridine rings is 1. The van der Waals surface area contributed by atoms with Crippen molar-refractivity contribution in [2.75, 3.05) is 0 Å². The summed E-state index contributed by atoms with van der Waals surface area (Å²) in [6, 6.07) is 55.4. The lowest BCUT2D eigenvalue weighted by atomic mass is 9.99. The molecule has 0 saturated heterocycles. The van der Waals surface area contributed by atoms with Crippen LogP contribution in [-0.4, -0.2) is 19.9 Å². The molecule has 0 amide bonds. The molecular weight excluding hydrogens is 673 g/mol. The summed E-state index contributed by atoms with van der Waals surface area (Å²) in [6.07, 6.45) is 0. The summed E-state index contributed by atoms with van der Waals surface area (Å²) >= 11 is 3.60. The molecule has 4 heterocycles. The third kappa shape index (κ3) is 4.65. The van der Waals surface area contributed by atoms with E-state index < -0.39 is 0 Å². The Hall–Kier alpha value is -6.34. The molecule has 0 N–H and O–H groups in total. The van der Waals surface area contributed by atoms with Crippen molar-refractivity contribution in [3.05, 3.63) is 158 Å². The van der Waals surface area contributed by atoms with Gasteiger partial charge in [-0.25, -0.2) is 19.9 Å². The van der Waals surface area contributed by atoms with E-state index in [9.17, 15) is 0 Å². The number of benzene rings is 7. The predicted molar refractivity (Wildman–Crippen MR) is 220 cm³/mol. The number of thiophene rings is 2. The number of nitrogens with zero attached hydrogens (tertiary/aromatic N) is 4. The smallest absolute Gasteiger partial charge is 0.165 e. The minimum Gasteiger partial charge on any atom is -0.247 e. The second-order valence-electron chi connectivity index (χ2n) is 13.0. The molecule has 0 aliphatic heterocycles. The van der Waals surface area contributed by atoms with E-state index in [2.05, 4.69) is 140 Å². The topological polar surface area (TPSA) is 51.6 Å². The normalized spacial score (nSPS) is 11.8. The molecule has 6 heteroatoms. The summed E-state index contributed by atoms with van der Waals surface area (Å²) in [4.78, 5) is 20.8. The Morgan fingerprint density at radius 1 is 0.365 bits per heavy atom. The van der Waals surface area contributed by atoms with E-state index in [4.69, 9.17) is 19.9 Å². The Balaban J connectivity index is 1.17. The summed E-state index contributed by atoms with van der Waals surface area (Å²) in [6.45, 7) is 0. The first-order valence-corrected chi connectivity index (χ1v) is 18.9. The molecule has 11 rings (SSSR count). The van der Waals surface area contributed by atoms with Crippen molar-refractivity contribution in [3.8, 4) is 45.4 Å². The standard InChI is InChI=1S/C46H26N4S2/c1-2-12-28(13-3-1)44-48-45(50-46(49-44)35-18-10-17-33-32-15-7-9-20-38(32)51-42(33)35)31-23-24-39-36(26-31)40-41(30-22-21-27-11-4-5-14-29(27)25-30)47-37-19-8-6-16-34(37)43(40)52-39/h1-26H. The van der Waals surface area contributed by atoms with Crippen molar-refractivity contribution in [1.82, 2.24) is 19.9 Å². The fraction of sp³-hybridized carbons (Fsp3) is 0. The third-order valence-electron chi connectivity index (χ3n) is 9.90. The molecule has 242 valence electrons. The summed E-state index contributed by atoms with van der Waals surface area (Å²) in [5.41, 5.74) is 5.98. The lowest BCUT2D eigenvalue weighted by molar-refractivity contribution is 1.08. The van der Waals surface area contributed by atoms with Crippen LogP contribution in [-0.2, 0) is 0 Å². The fourth-order valence-electron chi connectivity index (χ4n) is 7.41. The minimum absolute atomic E-state index is 0.643. The summed E-state index contributed by atoms with van der Waals surface area (Å²) in [5, 5.41) is 8.34. The van der Waals surface area contributed by atoms with Crippen LogP contribution in [0.3, 0.4) is 0 Å². The largest absolute Gasteiger partial charge is 0.247 e. The van der Waals surface area contributed by atoms with Gasteiger partial charge in [0, 0.05) is 68.0 Å². The van der Waals surface area contributed by atoms with Crippen molar-refractivity contribution >= 4 is 84.7 Å². The Bertz CT molecular complexity index is 3200. The van der Waals surface area contributed by atoms with Gasteiger partial charge in [-0.2, -0.15) is 0 Å². The molecule has 0 radical (unpaired) electrons. The van der Waals surface area contributed by atoms with Gasteiger partial charge in [-0.3, -0.25) is 0 Å². The molecule has 11 aromatic rings. The van der Waals surface area contributed by atoms with Crippen LogP contribution in [0.2, 0.25) is 0 Å². The number of para-hydroxylation sites is 1. The number of fused-ring (bicyclic) bond motifs is 9. The molecule has 4 aromatic heterocycles. The maximum Gasteiger partial charge on any atom is 0.165 e. The molecular formula is C46H26N4S2. The second-order valence-corrected chi connectivity index (χ2v) is 15.1. The van der Waals surface area contributed by atoms with Gasteiger partial charge in [-0.1, -0.05) is 115 Å². The second kappa shape index (κ2) is 11.6. The van der Waals surface area contributed by atoms with Gasteiger partial charge in [0.25, 0.3) is 0 Å². The number of hydrogen-bond acceptors (Lipinski definition) is 6. The molecule has 0 spiro atoms. The zero-order valence-electron chi connectivity index (χ0n) is 27.6. The van der Waals surface area contributed by atoms with Gasteiger partial charge < -0.3 is 0 Å². The van der Waals surface area contributed by atoms with Gasteiger partial charge in [-0.15, -0.1) is 22.7 Å². The molecule has 0 aliphatic rings. The van der Waals surface area contributed by atoms with Crippen LogP contribution in [0.25, 0.3) is 107 Å². The molecule has 7 aromatic carbocycles. The first-order valence-electron chi connectivity index (χ1n) is 17.2. The Morgan fingerprint density at radius 2 is 1.04 bits per heavy atom. The Kier molecular flexibility index (Phi) is 6.56. The lowest BCUT2D eigenvalue weighted by Crippen LogP contribution is -2.00. The van der Waals surface area contributed by atoms with Crippen molar-refractivity contribution in [3.63, 3.8) is 0 Å². The number of rotatable bonds is 4. The van der Waals surface area contributed by atoms with E-state index >= 15 is 0 Å². The molecule has 4 nitrogen and oxygen atoms in total. The quantitative estimate of drug-likeness (QED) is 0.184. The van der Waals surface area contributed by atoms with Crippen molar-refractivity contribution in [2.24, 2.45) is 0 Å². The van der Waals surface area contributed by atoms with Crippen LogP contribution in [0.15, 0.2) is 158 Å². The van der Waals surface area contributed by atoms with Gasteiger partial charge in [0.1, 0.15) is 0 Å². The van der Waals surface area contributed by atoms with E-state index in [-0.39, 0.29) is 0 Å². The maximum atomic E-state index is 5.33. The molecule has 52 heavy (non-hydrogen) atoms. The van der Waals surface area contributed by atoms with Crippen molar-refractivity contribution < 1.29 is 0 Å². The van der Waals surface area contributed by atoms with E-state index in [1.165, 1.54) is 40.3 Å². The zero-order valence-corrected chi connectivity index (χ0v) is 29.2. The fourth-order valence-corrected chi connectivity index (χ4v) is 9.84. The first kappa shape index (κ1) is 29.4. The van der Waals surface area contributed by atoms with Gasteiger partial charge in [0.05, 0.1) is 11.2 Å². The highest BCUT2D eigenvalue weighted by Crippen LogP contribution is 2.45. The van der Waals surface area contributed by atoms with E-state index in [0.29, 0.717) is 17.5 Å². The molecule has 0 unspecified atom stereocenters. The van der Waals surface area contributed by atoms with Gasteiger partial charge in [0.15, 0.2) is 17.5 Å². The monoisotopic (exact) mass is 698 g/mol. The maximum absolute atomic E-state index is 5.33. The summed E-state index contributed by atoms with van der Waals surface area (Å²) in [5.74, 6) is 1.96. The first-order chi connectivity index (χ1) is 25.7. The average molecular weight is 699 g/mol. The number of hydrogen-bond donors (Lipinski definition) is 0. The molecule has 0 bridgehead atoms. The number of aromatic nitrogens is 4. The van der Waals surface area contributed by atoms with Crippen LogP contribution >= 0.6 is 22.7 Å². The highest BCUT2D eigenvalue weighted by atomic mass is 32.1. The van der Waals surface area contributed by atoms with E-state index in [0.717, 1.165) is 49.6 Å². The van der Waals surface area contributed by atoms with Crippen LogP contribution < -0.4 is 0 Å². The van der Waals surface area contributed by atoms with Crippen LogP contribution in [0.5, 0.6) is 0 Å². The zero-order chi connectivity index (χ0) is 34.2. The van der Waals surface area contributed by atoms with E-state index in [1.807, 2.05) is 29.5 Å². The highest BCUT2D eigenvalue weighted by molar-refractivity contribution is 7.27. The molecule has 0 fully saturated rings.